The largest absolute Gasteiger partial charge is 0.444 e. The number of carbonyl (C=O) groups excluding carboxylic acids is 1. The number of aromatic nitrogens is 1. The molecule has 1 N–H and O–H groups in total. The monoisotopic (exact) mass is 309 g/mol. The van der Waals surface area contributed by atoms with Crippen molar-refractivity contribution >= 4 is 6.09 Å². The highest BCUT2D eigenvalue weighted by Gasteiger charge is 2.27. The third kappa shape index (κ3) is 5.33. The number of piperidine rings is 1. The summed E-state index contributed by atoms with van der Waals surface area (Å²) >= 11 is 0. The molecule has 1 aliphatic heterocycles. The van der Waals surface area contributed by atoms with Crippen molar-refractivity contribution in [3.63, 3.8) is 0 Å². The van der Waals surface area contributed by atoms with E-state index in [-0.39, 0.29) is 6.09 Å². The molecule has 0 radical (unpaired) electrons. The smallest absolute Gasteiger partial charge is 0.410 e. The molecule has 1 amide bonds. The Morgan fingerprint density at radius 2 is 2.32 bits per heavy atom. The number of aryl methyl sites for hydroxylation is 1. The molecule has 0 unspecified atom stereocenters. The molecule has 6 heteroatoms. The molecule has 2 rings (SSSR count). The van der Waals surface area contributed by atoms with Gasteiger partial charge in [0, 0.05) is 32.2 Å². The fourth-order valence-corrected chi connectivity index (χ4v) is 2.63. The second-order valence-electron chi connectivity index (χ2n) is 6.99. The molecule has 0 bridgehead atoms. The Morgan fingerprint density at radius 1 is 1.55 bits per heavy atom. The zero-order valence-corrected chi connectivity index (χ0v) is 14.0. The summed E-state index contributed by atoms with van der Waals surface area (Å²) in [6, 6.07) is 1.93. The average Bonchev–Trinajstić information content (AvgIpc) is 2.83. The Labute approximate surface area is 132 Å². The highest BCUT2D eigenvalue weighted by Crippen LogP contribution is 2.19. The fourth-order valence-electron chi connectivity index (χ4n) is 2.63. The van der Waals surface area contributed by atoms with Crippen molar-refractivity contribution in [1.82, 2.24) is 15.4 Å². The molecule has 1 saturated heterocycles. The molecule has 0 aromatic carbocycles. The Bertz CT molecular complexity index is 493. The number of nitrogens with one attached hydrogen (secondary N) is 1. The molecular weight excluding hydrogens is 282 g/mol. The van der Waals surface area contributed by atoms with E-state index in [4.69, 9.17) is 9.26 Å². The van der Waals surface area contributed by atoms with E-state index in [0.29, 0.717) is 12.5 Å². The van der Waals surface area contributed by atoms with Crippen molar-refractivity contribution in [2.75, 3.05) is 19.6 Å². The minimum atomic E-state index is -0.437. The number of likely N-dealkylation sites (tertiary alicyclic amines) is 1. The first kappa shape index (κ1) is 16.8. The molecule has 124 valence electrons. The van der Waals surface area contributed by atoms with Crippen LogP contribution in [0.2, 0.25) is 0 Å². The zero-order valence-electron chi connectivity index (χ0n) is 14.0. The predicted octanol–water partition coefficient (Wildman–Crippen LogP) is 2.72. The van der Waals surface area contributed by atoms with E-state index in [1.807, 2.05) is 38.7 Å². The summed E-state index contributed by atoms with van der Waals surface area (Å²) in [7, 11) is 0. The SMILES string of the molecule is Cc1cc(CNC[C@H]2CCCN(C(=O)OC(C)(C)C)C2)no1. The van der Waals surface area contributed by atoms with Crippen molar-refractivity contribution in [2.45, 2.75) is 52.7 Å². The molecule has 0 spiro atoms. The van der Waals surface area contributed by atoms with Gasteiger partial charge in [0.25, 0.3) is 0 Å². The quantitative estimate of drug-likeness (QED) is 0.926. The highest BCUT2D eigenvalue weighted by molar-refractivity contribution is 5.68. The summed E-state index contributed by atoms with van der Waals surface area (Å²) in [5, 5.41) is 7.35. The summed E-state index contributed by atoms with van der Waals surface area (Å²) in [6.45, 7) is 10.7. The Kier molecular flexibility index (Phi) is 5.45. The summed E-state index contributed by atoms with van der Waals surface area (Å²) in [5.41, 5.74) is 0.477. The third-order valence-electron chi connectivity index (χ3n) is 3.59. The van der Waals surface area contributed by atoms with Crippen LogP contribution in [0.4, 0.5) is 4.79 Å². The normalized spacial score (nSPS) is 19.3. The molecule has 1 atom stereocenters. The number of hydrogen-bond donors (Lipinski definition) is 1. The van der Waals surface area contributed by atoms with Crippen LogP contribution in [0.1, 0.15) is 45.1 Å². The number of nitrogens with zero attached hydrogens (tertiary/aromatic N) is 2. The van der Waals surface area contributed by atoms with Gasteiger partial charge in [-0.3, -0.25) is 0 Å². The number of rotatable bonds is 4. The van der Waals surface area contributed by atoms with Crippen LogP contribution in [0, 0.1) is 12.8 Å². The first-order chi connectivity index (χ1) is 10.3. The lowest BCUT2D eigenvalue weighted by atomic mass is 9.98. The first-order valence-corrected chi connectivity index (χ1v) is 7.94. The van der Waals surface area contributed by atoms with Crippen molar-refractivity contribution < 1.29 is 14.1 Å². The standard InChI is InChI=1S/C16H27N3O3/c1-12-8-14(18-22-12)10-17-9-13-6-5-7-19(11-13)15(20)21-16(2,3)4/h8,13,17H,5-7,9-11H2,1-4H3/t13-/m1/s1. The average molecular weight is 309 g/mol. The van der Waals surface area contributed by atoms with Crippen molar-refractivity contribution in [1.29, 1.82) is 0 Å². The van der Waals surface area contributed by atoms with E-state index in [1.165, 1.54) is 0 Å². The lowest BCUT2D eigenvalue weighted by Gasteiger charge is -2.34. The van der Waals surface area contributed by atoms with Crippen molar-refractivity contribution in [3.05, 3.63) is 17.5 Å². The Morgan fingerprint density at radius 3 is 2.95 bits per heavy atom. The molecule has 22 heavy (non-hydrogen) atoms. The maximum atomic E-state index is 12.1. The van der Waals surface area contributed by atoms with Crippen LogP contribution in [0.3, 0.4) is 0 Å². The summed E-state index contributed by atoms with van der Waals surface area (Å²) in [6.07, 6.45) is 1.95. The summed E-state index contributed by atoms with van der Waals surface area (Å²) in [4.78, 5) is 13.9. The van der Waals surface area contributed by atoms with Gasteiger partial charge in [0.1, 0.15) is 11.4 Å². The minimum absolute atomic E-state index is 0.204. The van der Waals surface area contributed by atoms with Crippen LogP contribution in [0.25, 0.3) is 0 Å². The van der Waals surface area contributed by atoms with Gasteiger partial charge < -0.3 is 19.5 Å². The molecule has 1 aromatic rings. The van der Waals surface area contributed by atoms with Gasteiger partial charge in [0.15, 0.2) is 0 Å². The predicted molar refractivity (Wildman–Crippen MR) is 83.5 cm³/mol. The van der Waals surface area contributed by atoms with Gasteiger partial charge in [-0.2, -0.15) is 0 Å². The molecule has 2 heterocycles. The molecule has 6 nitrogen and oxygen atoms in total. The lowest BCUT2D eigenvalue weighted by Crippen LogP contribution is -2.45. The highest BCUT2D eigenvalue weighted by atomic mass is 16.6. The van der Waals surface area contributed by atoms with Crippen LogP contribution in [0.5, 0.6) is 0 Å². The maximum Gasteiger partial charge on any atom is 0.410 e. The van der Waals surface area contributed by atoms with Gasteiger partial charge in [-0.1, -0.05) is 5.16 Å². The van der Waals surface area contributed by atoms with Gasteiger partial charge in [-0.25, -0.2) is 4.79 Å². The van der Waals surface area contributed by atoms with Crippen molar-refractivity contribution in [2.24, 2.45) is 5.92 Å². The first-order valence-electron chi connectivity index (χ1n) is 7.94. The van der Waals surface area contributed by atoms with Crippen LogP contribution < -0.4 is 5.32 Å². The van der Waals surface area contributed by atoms with Crippen LogP contribution in [-0.2, 0) is 11.3 Å². The van der Waals surface area contributed by atoms with Crippen LogP contribution in [-0.4, -0.2) is 41.4 Å². The fraction of sp³-hybridized carbons (Fsp3) is 0.750. The minimum Gasteiger partial charge on any atom is -0.444 e. The molecule has 0 aliphatic carbocycles. The molecule has 1 aliphatic rings. The summed E-state index contributed by atoms with van der Waals surface area (Å²) < 4.78 is 10.5. The number of ether oxygens (including phenoxy) is 1. The molecule has 1 fully saturated rings. The number of amides is 1. The zero-order chi connectivity index (χ0) is 16.2. The van der Waals surface area contributed by atoms with Crippen molar-refractivity contribution in [3.8, 4) is 0 Å². The topological polar surface area (TPSA) is 67.6 Å². The second-order valence-corrected chi connectivity index (χ2v) is 6.99. The molecule has 0 saturated carbocycles. The Hall–Kier alpha value is -1.56. The van der Waals surface area contributed by atoms with E-state index in [0.717, 1.165) is 43.9 Å². The third-order valence-corrected chi connectivity index (χ3v) is 3.59. The van der Waals surface area contributed by atoms with E-state index < -0.39 is 5.60 Å². The second kappa shape index (κ2) is 7.13. The summed E-state index contributed by atoms with van der Waals surface area (Å²) in [5.74, 6) is 1.28. The van der Waals surface area contributed by atoms with Gasteiger partial charge in [-0.15, -0.1) is 0 Å². The lowest BCUT2D eigenvalue weighted by molar-refractivity contribution is 0.0166. The number of carbonyl (C=O) groups is 1. The van der Waals surface area contributed by atoms with E-state index in [1.54, 1.807) is 0 Å². The van der Waals surface area contributed by atoms with Gasteiger partial charge >= 0.3 is 6.09 Å². The van der Waals surface area contributed by atoms with E-state index in [9.17, 15) is 4.79 Å². The van der Waals surface area contributed by atoms with E-state index >= 15 is 0 Å². The molecular formula is C16H27N3O3. The maximum absolute atomic E-state index is 12.1. The van der Waals surface area contributed by atoms with Gasteiger partial charge in [-0.05, 0) is 46.5 Å². The number of hydrogen-bond acceptors (Lipinski definition) is 5. The van der Waals surface area contributed by atoms with Gasteiger partial charge in [0.05, 0.1) is 5.69 Å². The van der Waals surface area contributed by atoms with E-state index in [2.05, 4.69) is 10.5 Å². The van der Waals surface area contributed by atoms with Gasteiger partial charge in [0.2, 0.25) is 0 Å². The molecule has 1 aromatic heterocycles. The Balaban J connectivity index is 1.74. The van der Waals surface area contributed by atoms with Crippen LogP contribution >= 0.6 is 0 Å². The van der Waals surface area contributed by atoms with Crippen LogP contribution in [0.15, 0.2) is 10.6 Å².